The van der Waals surface area contributed by atoms with Crippen molar-refractivity contribution in [1.29, 1.82) is 0 Å². The maximum Gasteiger partial charge on any atom is 0.283 e. The molecular weight excluding hydrogens is 437 g/mol. The van der Waals surface area contributed by atoms with Crippen molar-refractivity contribution in [2.75, 3.05) is 15.5 Å². The third kappa shape index (κ3) is 4.30. The summed E-state index contributed by atoms with van der Waals surface area (Å²) in [5.74, 6) is -1.45. The van der Waals surface area contributed by atoms with Gasteiger partial charge in [-0.2, -0.15) is 0 Å². The fourth-order valence-electron chi connectivity index (χ4n) is 3.01. The molecule has 0 bridgehead atoms. The second-order valence-corrected chi connectivity index (χ2v) is 7.45. The molecule has 0 spiro atoms. The lowest BCUT2D eigenvalue weighted by atomic mass is 10.2. The van der Waals surface area contributed by atoms with Gasteiger partial charge < -0.3 is 10.6 Å². The quantitative estimate of drug-likeness (QED) is 0.533. The number of anilines is 3. The number of imide groups is 1. The van der Waals surface area contributed by atoms with Crippen molar-refractivity contribution in [1.82, 2.24) is 0 Å². The third-order valence-corrected chi connectivity index (χ3v) is 5.16. The predicted octanol–water partition coefficient (Wildman–Crippen LogP) is 5.03. The molecule has 3 amide bonds. The Bertz CT molecular complexity index is 1190. The Hall–Kier alpha value is -3.61. The van der Waals surface area contributed by atoms with E-state index in [2.05, 4.69) is 10.6 Å². The summed E-state index contributed by atoms with van der Waals surface area (Å²) in [4.78, 5) is 38.6. The fourth-order valence-corrected chi connectivity index (χ4v) is 3.35. The van der Waals surface area contributed by atoms with E-state index in [9.17, 15) is 14.4 Å². The van der Waals surface area contributed by atoms with E-state index >= 15 is 0 Å². The first kappa shape index (κ1) is 20.7. The van der Waals surface area contributed by atoms with Gasteiger partial charge >= 0.3 is 0 Å². The zero-order valence-corrected chi connectivity index (χ0v) is 17.4. The summed E-state index contributed by atoms with van der Waals surface area (Å²) in [6, 6.07) is 21.7. The van der Waals surface area contributed by atoms with E-state index in [0.717, 1.165) is 4.90 Å². The average molecular weight is 452 g/mol. The standard InChI is InChI=1S/C23H15Cl2N3O3/c24-15-8-12-17(13-9-15)27-21(29)14-6-10-16(11-7-14)26-20-19(25)22(30)28(23(20)31)18-4-2-1-3-5-18/h1-13,26H,(H,27,29). The minimum atomic E-state index is -0.598. The summed E-state index contributed by atoms with van der Waals surface area (Å²) in [5, 5.41) is 6.03. The van der Waals surface area contributed by atoms with Crippen molar-refractivity contribution in [2.24, 2.45) is 0 Å². The van der Waals surface area contributed by atoms with E-state index in [1.807, 2.05) is 0 Å². The van der Waals surface area contributed by atoms with Crippen LogP contribution < -0.4 is 15.5 Å². The molecule has 1 heterocycles. The molecule has 0 fully saturated rings. The van der Waals surface area contributed by atoms with Crippen molar-refractivity contribution in [3.05, 3.63) is 100 Å². The second kappa shape index (κ2) is 8.63. The van der Waals surface area contributed by atoms with E-state index in [4.69, 9.17) is 23.2 Å². The highest BCUT2D eigenvalue weighted by Gasteiger charge is 2.38. The number of nitrogens with one attached hydrogen (secondary N) is 2. The van der Waals surface area contributed by atoms with Crippen molar-refractivity contribution >= 4 is 58.0 Å². The van der Waals surface area contributed by atoms with Gasteiger partial charge in [-0.25, -0.2) is 4.90 Å². The van der Waals surface area contributed by atoms with Crippen LogP contribution in [-0.4, -0.2) is 17.7 Å². The molecule has 154 valence electrons. The average Bonchev–Trinajstić information content (AvgIpc) is 2.99. The van der Waals surface area contributed by atoms with Gasteiger partial charge in [0, 0.05) is 22.0 Å². The van der Waals surface area contributed by atoms with Crippen LogP contribution in [0.15, 0.2) is 89.6 Å². The lowest BCUT2D eigenvalue weighted by Gasteiger charge is -2.15. The lowest BCUT2D eigenvalue weighted by molar-refractivity contribution is -0.120. The zero-order chi connectivity index (χ0) is 22.0. The molecule has 1 aliphatic rings. The van der Waals surface area contributed by atoms with Crippen LogP contribution in [0.5, 0.6) is 0 Å². The number of nitrogens with zero attached hydrogens (tertiary/aromatic N) is 1. The number of halogens is 2. The summed E-state index contributed by atoms with van der Waals surface area (Å²) in [5.41, 5.74) is 1.95. The molecule has 0 aromatic heterocycles. The molecule has 0 atom stereocenters. The Balaban J connectivity index is 1.47. The minimum absolute atomic E-state index is 0.0196. The smallest absolute Gasteiger partial charge is 0.283 e. The molecule has 8 heteroatoms. The van der Waals surface area contributed by atoms with E-state index in [1.54, 1.807) is 78.9 Å². The van der Waals surface area contributed by atoms with Gasteiger partial charge in [0.2, 0.25) is 0 Å². The Morgan fingerprint density at radius 1 is 0.742 bits per heavy atom. The summed E-state index contributed by atoms with van der Waals surface area (Å²) < 4.78 is 0. The molecule has 4 rings (SSSR count). The van der Waals surface area contributed by atoms with Gasteiger partial charge in [0.25, 0.3) is 17.7 Å². The number of rotatable bonds is 5. The molecular formula is C23H15Cl2N3O3. The van der Waals surface area contributed by atoms with E-state index < -0.39 is 11.8 Å². The summed E-state index contributed by atoms with van der Waals surface area (Å²) in [7, 11) is 0. The Kier molecular flexibility index (Phi) is 5.75. The van der Waals surface area contributed by atoms with Crippen molar-refractivity contribution in [3.8, 4) is 0 Å². The second-order valence-electron chi connectivity index (χ2n) is 6.63. The van der Waals surface area contributed by atoms with Gasteiger partial charge in [0.1, 0.15) is 10.7 Å². The molecule has 2 N–H and O–H groups in total. The van der Waals surface area contributed by atoms with Gasteiger partial charge in [-0.05, 0) is 60.7 Å². The molecule has 0 radical (unpaired) electrons. The van der Waals surface area contributed by atoms with Crippen LogP contribution in [0.1, 0.15) is 10.4 Å². The van der Waals surface area contributed by atoms with E-state index in [1.165, 1.54) is 0 Å². The Morgan fingerprint density at radius 2 is 1.35 bits per heavy atom. The maximum absolute atomic E-state index is 12.8. The van der Waals surface area contributed by atoms with Crippen molar-refractivity contribution in [2.45, 2.75) is 0 Å². The predicted molar refractivity (Wildman–Crippen MR) is 121 cm³/mol. The van der Waals surface area contributed by atoms with Crippen LogP contribution in [0.25, 0.3) is 0 Å². The first-order chi connectivity index (χ1) is 14.9. The van der Waals surface area contributed by atoms with Crippen LogP contribution in [0.3, 0.4) is 0 Å². The molecule has 3 aromatic rings. The molecule has 0 saturated heterocycles. The Morgan fingerprint density at radius 3 is 2.00 bits per heavy atom. The highest BCUT2D eigenvalue weighted by Crippen LogP contribution is 2.30. The Labute approximate surface area is 188 Å². The molecule has 6 nitrogen and oxygen atoms in total. The number of hydrogen-bond acceptors (Lipinski definition) is 4. The first-order valence-corrected chi connectivity index (χ1v) is 9.97. The lowest BCUT2D eigenvalue weighted by Crippen LogP contribution is -2.32. The van der Waals surface area contributed by atoms with Crippen LogP contribution in [0, 0.1) is 0 Å². The maximum atomic E-state index is 12.8. The highest BCUT2D eigenvalue weighted by atomic mass is 35.5. The number of amides is 3. The number of hydrogen-bond donors (Lipinski definition) is 2. The molecule has 31 heavy (non-hydrogen) atoms. The zero-order valence-electron chi connectivity index (χ0n) is 15.9. The number of carbonyl (C=O) groups is 3. The van der Waals surface area contributed by atoms with Crippen molar-refractivity contribution in [3.63, 3.8) is 0 Å². The number of benzene rings is 3. The topological polar surface area (TPSA) is 78.5 Å². The molecule has 1 aliphatic heterocycles. The van der Waals surface area contributed by atoms with Crippen LogP contribution in [0.4, 0.5) is 17.1 Å². The van der Waals surface area contributed by atoms with Crippen LogP contribution in [-0.2, 0) is 9.59 Å². The molecule has 3 aromatic carbocycles. The number of carbonyl (C=O) groups excluding carboxylic acids is 3. The summed E-state index contributed by atoms with van der Waals surface area (Å²) in [6.45, 7) is 0. The van der Waals surface area contributed by atoms with Crippen molar-refractivity contribution < 1.29 is 14.4 Å². The van der Waals surface area contributed by atoms with Gasteiger partial charge in [0.05, 0.1) is 5.69 Å². The monoisotopic (exact) mass is 451 g/mol. The van der Waals surface area contributed by atoms with Gasteiger partial charge in [-0.1, -0.05) is 41.4 Å². The van der Waals surface area contributed by atoms with Gasteiger partial charge in [-0.15, -0.1) is 0 Å². The minimum Gasteiger partial charge on any atom is -0.350 e. The molecule has 0 saturated carbocycles. The largest absolute Gasteiger partial charge is 0.350 e. The van der Waals surface area contributed by atoms with E-state index in [-0.39, 0.29) is 16.6 Å². The normalized spacial score (nSPS) is 13.5. The first-order valence-electron chi connectivity index (χ1n) is 9.21. The van der Waals surface area contributed by atoms with Crippen LogP contribution in [0.2, 0.25) is 5.02 Å². The molecule has 0 aliphatic carbocycles. The summed E-state index contributed by atoms with van der Waals surface area (Å²) in [6.07, 6.45) is 0. The third-order valence-electron chi connectivity index (χ3n) is 4.56. The summed E-state index contributed by atoms with van der Waals surface area (Å²) >= 11 is 12.0. The van der Waals surface area contributed by atoms with Crippen LogP contribution >= 0.6 is 23.2 Å². The fraction of sp³-hybridized carbons (Fsp3) is 0. The molecule has 0 unspecified atom stereocenters. The SMILES string of the molecule is O=C(Nc1ccc(Cl)cc1)c1ccc(NC2=C(Cl)C(=O)N(c3ccccc3)C2=O)cc1. The van der Waals surface area contributed by atoms with Gasteiger partial charge in [0.15, 0.2) is 0 Å². The number of para-hydroxylation sites is 1. The highest BCUT2D eigenvalue weighted by molar-refractivity contribution is 6.53. The van der Waals surface area contributed by atoms with E-state index in [0.29, 0.717) is 27.6 Å². The van der Waals surface area contributed by atoms with Gasteiger partial charge in [-0.3, -0.25) is 14.4 Å².